The summed E-state index contributed by atoms with van der Waals surface area (Å²) in [7, 11) is 0. The van der Waals surface area contributed by atoms with Crippen molar-refractivity contribution in [2.24, 2.45) is 0 Å². The molecule has 2 atom stereocenters. The number of rotatable bonds is 27. The molecular weight excluding hydrogens is 436 g/mol. The van der Waals surface area contributed by atoms with Gasteiger partial charge in [-0.25, -0.2) is 9.55 Å². The standard InChI is InChI=1S/C34H66N2/c1-5-8-10-12-14-15-16-17-18-19-20-22-23-25-28-32(4)36-31-30-35-34(36)33(27-7-3)29-26-24-21-13-11-9-6-2/h30-33H,5-29H2,1-4H3/p+1. The highest BCUT2D eigenvalue weighted by Gasteiger charge is 2.24. The lowest BCUT2D eigenvalue weighted by atomic mass is 9.94. The molecule has 0 aliphatic rings. The summed E-state index contributed by atoms with van der Waals surface area (Å²) in [5.41, 5.74) is 0. The zero-order chi connectivity index (χ0) is 26.1. The zero-order valence-electron chi connectivity index (χ0n) is 25.4. The van der Waals surface area contributed by atoms with Gasteiger partial charge in [0, 0.05) is 0 Å². The fraction of sp³-hybridized carbons (Fsp3) is 0.912. The van der Waals surface area contributed by atoms with Crippen LogP contribution in [0, 0.1) is 0 Å². The van der Waals surface area contributed by atoms with Gasteiger partial charge in [-0.15, -0.1) is 0 Å². The molecule has 0 aliphatic carbocycles. The second-order valence-electron chi connectivity index (χ2n) is 11.9. The molecule has 2 unspecified atom stereocenters. The highest BCUT2D eigenvalue weighted by molar-refractivity contribution is 4.90. The maximum Gasteiger partial charge on any atom is 0.257 e. The normalized spacial score (nSPS) is 13.3. The molecule has 2 heteroatoms. The second-order valence-corrected chi connectivity index (χ2v) is 11.9. The average molecular weight is 504 g/mol. The largest absolute Gasteiger partial charge is 0.257 e. The van der Waals surface area contributed by atoms with Crippen LogP contribution in [0.5, 0.6) is 0 Å². The Morgan fingerprint density at radius 3 is 1.39 bits per heavy atom. The molecule has 0 spiro atoms. The van der Waals surface area contributed by atoms with Crippen LogP contribution in [0.15, 0.2) is 12.4 Å². The third-order valence-electron chi connectivity index (χ3n) is 8.37. The smallest absolute Gasteiger partial charge is 0.247 e. The quantitative estimate of drug-likeness (QED) is 0.0909. The Balaban J connectivity index is 2.16. The Morgan fingerprint density at radius 2 is 0.944 bits per heavy atom. The molecule has 0 amide bonds. The Kier molecular flexibility index (Phi) is 22.7. The summed E-state index contributed by atoms with van der Waals surface area (Å²) in [6.45, 7) is 9.40. The van der Waals surface area contributed by atoms with E-state index in [1.807, 2.05) is 0 Å². The third kappa shape index (κ3) is 16.9. The van der Waals surface area contributed by atoms with Crippen molar-refractivity contribution in [3.63, 3.8) is 0 Å². The van der Waals surface area contributed by atoms with Crippen LogP contribution in [0.1, 0.15) is 206 Å². The fourth-order valence-corrected chi connectivity index (χ4v) is 5.96. The highest BCUT2D eigenvalue weighted by Crippen LogP contribution is 2.26. The van der Waals surface area contributed by atoms with E-state index in [9.17, 15) is 0 Å². The fourth-order valence-electron chi connectivity index (χ4n) is 5.96. The van der Waals surface area contributed by atoms with Crippen molar-refractivity contribution >= 4 is 0 Å². The molecule has 0 aromatic carbocycles. The Morgan fingerprint density at radius 1 is 0.528 bits per heavy atom. The third-order valence-corrected chi connectivity index (χ3v) is 8.37. The minimum absolute atomic E-state index is 0.622. The van der Waals surface area contributed by atoms with Crippen molar-refractivity contribution < 1.29 is 4.57 Å². The van der Waals surface area contributed by atoms with E-state index in [-0.39, 0.29) is 0 Å². The second kappa shape index (κ2) is 24.5. The molecule has 1 aromatic rings. The first-order chi connectivity index (χ1) is 17.7. The molecule has 212 valence electrons. The number of imidazole rings is 1. The van der Waals surface area contributed by atoms with Crippen LogP contribution in [-0.4, -0.2) is 4.98 Å². The van der Waals surface area contributed by atoms with E-state index in [0.717, 1.165) is 0 Å². The molecule has 0 radical (unpaired) electrons. The number of aromatic amines is 1. The van der Waals surface area contributed by atoms with E-state index in [1.165, 1.54) is 166 Å². The van der Waals surface area contributed by atoms with Crippen LogP contribution < -0.4 is 4.57 Å². The summed E-state index contributed by atoms with van der Waals surface area (Å²) in [6.07, 6.45) is 39.9. The van der Waals surface area contributed by atoms with Gasteiger partial charge in [0.1, 0.15) is 12.4 Å². The van der Waals surface area contributed by atoms with Gasteiger partial charge in [0.05, 0.1) is 12.0 Å². The van der Waals surface area contributed by atoms with Crippen LogP contribution in [-0.2, 0) is 0 Å². The molecule has 0 saturated carbocycles. The molecule has 0 bridgehead atoms. The maximum absolute atomic E-state index is 3.66. The highest BCUT2D eigenvalue weighted by atomic mass is 15.1. The molecule has 36 heavy (non-hydrogen) atoms. The van der Waals surface area contributed by atoms with E-state index in [2.05, 4.69) is 49.6 Å². The lowest BCUT2D eigenvalue weighted by Crippen LogP contribution is -2.41. The summed E-state index contributed by atoms with van der Waals surface area (Å²) in [6, 6.07) is 0.622. The van der Waals surface area contributed by atoms with E-state index < -0.39 is 0 Å². The van der Waals surface area contributed by atoms with Crippen LogP contribution >= 0.6 is 0 Å². The number of hydrogen-bond donors (Lipinski definition) is 1. The first kappa shape index (κ1) is 33.2. The van der Waals surface area contributed by atoms with Gasteiger partial charge in [0.15, 0.2) is 0 Å². The van der Waals surface area contributed by atoms with Crippen LogP contribution in [0.3, 0.4) is 0 Å². The van der Waals surface area contributed by atoms with Crippen LogP contribution in [0.2, 0.25) is 0 Å². The molecule has 0 aliphatic heterocycles. The lowest BCUT2D eigenvalue weighted by Gasteiger charge is -2.16. The minimum Gasteiger partial charge on any atom is -0.247 e. The SMILES string of the molecule is CCCCCCCCCCCCCCCCC(C)[n+]1cc[nH]c1C(CCC)CCCCCCCCC. The van der Waals surface area contributed by atoms with Crippen LogP contribution in [0.4, 0.5) is 0 Å². The monoisotopic (exact) mass is 504 g/mol. The summed E-state index contributed by atoms with van der Waals surface area (Å²) < 4.78 is 2.59. The van der Waals surface area contributed by atoms with E-state index in [1.54, 1.807) is 0 Å². The predicted molar refractivity (Wildman–Crippen MR) is 161 cm³/mol. The van der Waals surface area contributed by atoms with Gasteiger partial charge >= 0.3 is 0 Å². The number of aromatic nitrogens is 2. The van der Waals surface area contributed by atoms with Gasteiger partial charge in [0.2, 0.25) is 0 Å². The maximum atomic E-state index is 3.66. The average Bonchev–Trinajstić information content (AvgIpc) is 3.37. The van der Waals surface area contributed by atoms with E-state index in [0.29, 0.717) is 12.0 Å². The molecule has 1 N–H and O–H groups in total. The molecule has 1 rings (SSSR count). The van der Waals surface area contributed by atoms with E-state index >= 15 is 0 Å². The summed E-state index contributed by atoms with van der Waals surface area (Å²) in [4.78, 5) is 3.66. The minimum atomic E-state index is 0.622. The van der Waals surface area contributed by atoms with Gasteiger partial charge in [-0.1, -0.05) is 156 Å². The Hall–Kier alpha value is -0.790. The lowest BCUT2D eigenvalue weighted by molar-refractivity contribution is -0.727. The molecule has 1 heterocycles. The van der Waals surface area contributed by atoms with Crippen molar-refractivity contribution in [2.45, 2.75) is 200 Å². The summed E-state index contributed by atoms with van der Waals surface area (Å²) in [5, 5.41) is 0. The Labute approximate surface area is 227 Å². The predicted octanol–water partition coefficient (Wildman–Crippen LogP) is 11.8. The number of H-pyrrole nitrogens is 1. The van der Waals surface area contributed by atoms with Gasteiger partial charge in [0.25, 0.3) is 5.82 Å². The summed E-state index contributed by atoms with van der Waals surface area (Å²) >= 11 is 0. The zero-order valence-corrected chi connectivity index (χ0v) is 25.4. The van der Waals surface area contributed by atoms with Crippen molar-refractivity contribution in [2.75, 3.05) is 0 Å². The van der Waals surface area contributed by atoms with Crippen molar-refractivity contribution in [1.82, 2.24) is 4.98 Å². The Bertz CT molecular complexity index is 563. The van der Waals surface area contributed by atoms with Crippen LogP contribution in [0.25, 0.3) is 0 Å². The number of nitrogens with one attached hydrogen (secondary N) is 1. The first-order valence-corrected chi connectivity index (χ1v) is 16.8. The van der Waals surface area contributed by atoms with Gasteiger partial charge < -0.3 is 0 Å². The molecular formula is C34H67N2+. The van der Waals surface area contributed by atoms with Gasteiger partial charge in [-0.2, -0.15) is 0 Å². The van der Waals surface area contributed by atoms with Crippen molar-refractivity contribution in [3.05, 3.63) is 18.2 Å². The van der Waals surface area contributed by atoms with Gasteiger partial charge in [-0.05, 0) is 32.6 Å². The first-order valence-electron chi connectivity index (χ1n) is 16.8. The van der Waals surface area contributed by atoms with Crippen molar-refractivity contribution in [3.8, 4) is 0 Å². The number of hydrogen-bond acceptors (Lipinski definition) is 0. The molecule has 0 saturated heterocycles. The molecule has 0 fully saturated rings. The van der Waals surface area contributed by atoms with Gasteiger partial charge in [-0.3, -0.25) is 0 Å². The molecule has 1 aromatic heterocycles. The molecule has 2 nitrogen and oxygen atoms in total. The summed E-state index contributed by atoms with van der Waals surface area (Å²) in [5.74, 6) is 2.21. The topological polar surface area (TPSA) is 19.7 Å². The number of nitrogens with zero attached hydrogens (tertiary/aromatic N) is 1. The van der Waals surface area contributed by atoms with E-state index in [4.69, 9.17) is 0 Å². The number of unbranched alkanes of at least 4 members (excludes halogenated alkanes) is 19. The van der Waals surface area contributed by atoms with Crippen molar-refractivity contribution in [1.29, 1.82) is 0 Å².